The quantitative estimate of drug-likeness (QED) is 0.777. The van der Waals surface area contributed by atoms with Gasteiger partial charge in [-0.25, -0.2) is 8.42 Å². The van der Waals surface area contributed by atoms with E-state index in [1.165, 1.54) is 14.2 Å². The van der Waals surface area contributed by atoms with Crippen LogP contribution in [0, 0.1) is 0 Å². The lowest BCUT2D eigenvalue weighted by atomic mass is 10.0. The van der Waals surface area contributed by atoms with Gasteiger partial charge in [0, 0.05) is 24.2 Å². The van der Waals surface area contributed by atoms with Gasteiger partial charge >= 0.3 is 0 Å². The minimum Gasteiger partial charge on any atom is -0.493 e. The van der Waals surface area contributed by atoms with Crippen LogP contribution in [0.4, 0.5) is 0 Å². The summed E-state index contributed by atoms with van der Waals surface area (Å²) in [5, 5.41) is 2.67. The van der Waals surface area contributed by atoms with Gasteiger partial charge in [-0.15, -0.1) is 0 Å². The molecule has 2 rings (SSSR count). The Morgan fingerprint density at radius 1 is 1.15 bits per heavy atom. The molecule has 1 N–H and O–H groups in total. The van der Waals surface area contributed by atoms with Gasteiger partial charge < -0.3 is 14.8 Å². The molecular weight excluding hydrogens is 356 g/mol. The van der Waals surface area contributed by atoms with Crippen molar-refractivity contribution < 1.29 is 22.7 Å². The van der Waals surface area contributed by atoms with Crippen LogP contribution in [0.15, 0.2) is 18.2 Å². The highest BCUT2D eigenvalue weighted by Crippen LogP contribution is 2.28. The van der Waals surface area contributed by atoms with E-state index in [-0.39, 0.29) is 30.3 Å². The lowest BCUT2D eigenvalue weighted by Crippen LogP contribution is -2.49. The van der Waals surface area contributed by atoms with E-state index < -0.39 is 10.0 Å². The minimum atomic E-state index is -3.41. The van der Waals surface area contributed by atoms with Gasteiger partial charge in [0.05, 0.1) is 20.0 Å². The Kier molecular flexibility index (Phi) is 6.88. The van der Waals surface area contributed by atoms with Crippen molar-refractivity contribution in [2.75, 3.05) is 26.5 Å². The van der Waals surface area contributed by atoms with E-state index in [0.29, 0.717) is 17.1 Å². The topological polar surface area (TPSA) is 84.9 Å². The van der Waals surface area contributed by atoms with Crippen molar-refractivity contribution in [1.82, 2.24) is 9.62 Å². The molecule has 7 nitrogen and oxygen atoms in total. The number of nitrogens with one attached hydrogen (secondary N) is 1. The van der Waals surface area contributed by atoms with Crippen LogP contribution < -0.4 is 14.8 Å². The number of rotatable bonds is 7. The van der Waals surface area contributed by atoms with Crippen molar-refractivity contribution in [3.8, 4) is 11.5 Å². The second-order valence-electron chi connectivity index (χ2n) is 6.60. The van der Waals surface area contributed by atoms with E-state index in [1.807, 2.05) is 13.8 Å². The SMILES string of the molecule is COc1ccc(C(=O)NCCS(=O)(=O)N2[C@@H](C)CCC[C@@H]2C)cc1OC. The first-order valence-electron chi connectivity index (χ1n) is 8.81. The van der Waals surface area contributed by atoms with Crippen LogP contribution in [0.3, 0.4) is 0 Å². The molecule has 2 atom stereocenters. The van der Waals surface area contributed by atoms with Gasteiger partial charge in [0.25, 0.3) is 5.91 Å². The summed E-state index contributed by atoms with van der Waals surface area (Å²) >= 11 is 0. The highest BCUT2D eigenvalue weighted by atomic mass is 32.2. The first-order valence-corrected chi connectivity index (χ1v) is 10.4. The maximum atomic E-state index is 12.6. The molecule has 0 unspecified atom stereocenters. The molecule has 1 aliphatic heterocycles. The molecule has 26 heavy (non-hydrogen) atoms. The Morgan fingerprint density at radius 3 is 2.35 bits per heavy atom. The standard InChI is InChI=1S/C18H28N2O5S/c1-13-6-5-7-14(2)20(13)26(22,23)11-10-19-18(21)15-8-9-16(24-3)17(12-15)25-4/h8-9,12-14H,5-7,10-11H2,1-4H3,(H,19,21)/t13-,14-/m0/s1. The van der Waals surface area contributed by atoms with Crippen molar-refractivity contribution in [3.05, 3.63) is 23.8 Å². The Bertz CT molecular complexity index is 725. The fourth-order valence-corrected chi connectivity index (χ4v) is 5.30. The summed E-state index contributed by atoms with van der Waals surface area (Å²) in [5.74, 6) is 0.519. The van der Waals surface area contributed by atoms with Crippen LogP contribution in [-0.2, 0) is 10.0 Å². The fraction of sp³-hybridized carbons (Fsp3) is 0.611. The molecule has 8 heteroatoms. The van der Waals surface area contributed by atoms with Crippen LogP contribution in [0.2, 0.25) is 0 Å². The van der Waals surface area contributed by atoms with Crippen LogP contribution in [0.1, 0.15) is 43.5 Å². The lowest BCUT2D eigenvalue weighted by molar-refractivity contribution is 0.0955. The van der Waals surface area contributed by atoms with E-state index in [4.69, 9.17) is 9.47 Å². The number of piperidine rings is 1. The number of hydrogen-bond acceptors (Lipinski definition) is 5. The fourth-order valence-electron chi connectivity index (χ4n) is 3.42. The summed E-state index contributed by atoms with van der Waals surface area (Å²) in [7, 11) is -0.397. The predicted octanol–water partition coefficient (Wildman–Crippen LogP) is 2.03. The van der Waals surface area contributed by atoms with Crippen molar-refractivity contribution in [3.63, 3.8) is 0 Å². The Balaban J connectivity index is 1.97. The van der Waals surface area contributed by atoms with E-state index in [2.05, 4.69) is 5.32 Å². The molecule has 1 aromatic carbocycles. The molecule has 1 fully saturated rings. The average molecular weight is 384 g/mol. The van der Waals surface area contributed by atoms with Crippen molar-refractivity contribution in [1.29, 1.82) is 0 Å². The first kappa shape index (κ1) is 20.5. The minimum absolute atomic E-state index is 0.00491. The summed E-state index contributed by atoms with van der Waals surface area (Å²) in [4.78, 5) is 12.3. The van der Waals surface area contributed by atoms with Gasteiger partial charge in [-0.2, -0.15) is 4.31 Å². The number of carbonyl (C=O) groups excluding carboxylic acids is 1. The summed E-state index contributed by atoms with van der Waals surface area (Å²) < 4.78 is 37.2. The monoisotopic (exact) mass is 384 g/mol. The molecule has 1 aliphatic rings. The smallest absolute Gasteiger partial charge is 0.251 e. The van der Waals surface area contributed by atoms with E-state index in [9.17, 15) is 13.2 Å². The van der Waals surface area contributed by atoms with Crippen LogP contribution in [0.5, 0.6) is 11.5 Å². The van der Waals surface area contributed by atoms with Gasteiger partial charge in [0.15, 0.2) is 11.5 Å². The third kappa shape index (κ3) is 4.67. The number of nitrogens with zero attached hydrogens (tertiary/aromatic N) is 1. The summed E-state index contributed by atoms with van der Waals surface area (Å²) in [5.41, 5.74) is 0.389. The average Bonchev–Trinajstić information content (AvgIpc) is 2.60. The highest BCUT2D eigenvalue weighted by molar-refractivity contribution is 7.89. The molecule has 0 spiro atoms. The molecule has 0 bridgehead atoms. The third-order valence-electron chi connectivity index (χ3n) is 4.73. The van der Waals surface area contributed by atoms with Gasteiger partial charge in [-0.05, 0) is 44.9 Å². The number of hydrogen-bond donors (Lipinski definition) is 1. The number of methoxy groups -OCH3 is 2. The maximum absolute atomic E-state index is 12.6. The molecule has 0 aliphatic carbocycles. The Morgan fingerprint density at radius 2 is 1.77 bits per heavy atom. The number of benzene rings is 1. The van der Waals surface area contributed by atoms with Crippen LogP contribution >= 0.6 is 0 Å². The van der Waals surface area contributed by atoms with Gasteiger partial charge in [-0.1, -0.05) is 6.42 Å². The van der Waals surface area contributed by atoms with Gasteiger partial charge in [-0.3, -0.25) is 4.79 Å². The summed E-state index contributed by atoms with van der Waals surface area (Å²) in [6.07, 6.45) is 2.80. The zero-order chi connectivity index (χ0) is 19.3. The number of amides is 1. The van der Waals surface area contributed by atoms with Crippen molar-refractivity contribution >= 4 is 15.9 Å². The lowest BCUT2D eigenvalue weighted by Gasteiger charge is -2.37. The summed E-state index contributed by atoms with van der Waals surface area (Å²) in [6, 6.07) is 4.83. The van der Waals surface area contributed by atoms with Gasteiger partial charge in [0.1, 0.15) is 0 Å². The van der Waals surface area contributed by atoms with Crippen LogP contribution in [-0.4, -0.2) is 57.2 Å². The van der Waals surface area contributed by atoms with E-state index in [1.54, 1.807) is 22.5 Å². The Labute approximate surface area is 155 Å². The summed E-state index contributed by atoms with van der Waals surface area (Å²) in [6.45, 7) is 3.94. The van der Waals surface area contributed by atoms with Crippen molar-refractivity contribution in [2.24, 2.45) is 0 Å². The molecule has 1 amide bonds. The second-order valence-corrected chi connectivity index (χ2v) is 8.59. The normalized spacial score (nSPS) is 21.2. The maximum Gasteiger partial charge on any atom is 0.251 e. The molecule has 0 aromatic heterocycles. The van der Waals surface area contributed by atoms with E-state index in [0.717, 1.165) is 19.3 Å². The molecule has 146 valence electrons. The Hall–Kier alpha value is -1.80. The molecular formula is C18H28N2O5S. The molecule has 0 radical (unpaired) electrons. The third-order valence-corrected chi connectivity index (χ3v) is 6.81. The second kappa shape index (κ2) is 8.73. The predicted molar refractivity (Wildman–Crippen MR) is 100 cm³/mol. The highest BCUT2D eigenvalue weighted by Gasteiger charge is 2.34. The number of carbonyl (C=O) groups is 1. The molecule has 1 aromatic rings. The van der Waals surface area contributed by atoms with E-state index >= 15 is 0 Å². The number of ether oxygens (including phenoxy) is 2. The molecule has 1 saturated heterocycles. The zero-order valence-electron chi connectivity index (χ0n) is 15.8. The largest absolute Gasteiger partial charge is 0.493 e. The van der Waals surface area contributed by atoms with Crippen molar-refractivity contribution in [2.45, 2.75) is 45.2 Å². The zero-order valence-corrected chi connectivity index (χ0v) is 16.6. The first-order chi connectivity index (χ1) is 12.3. The number of sulfonamides is 1. The molecule has 1 heterocycles. The van der Waals surface area contributed by atoms with Gasteiger partial charge in [0.2, 0.25) is 10.0 Å². The molecule has 0 saturated carbocycles. The van der Waals surface area contributed by atoms with Crippen LogP contribution in [0.25, 0.3) is 0 Å².